The van der Waals surface area contributed by atoms with Gasteiger partial charge in [-0.05, 0) is 6.42 Å². The van der Waals surface area contributed by atoms with Crippen LogP contribution in [0.4, 0.5) is 0 Å². The number of nitrogens with zero attached hydrogens (tertiary/aromatic N) is 1. The van der Waals surface area contributed by atoms with E-state index in [0.717, 1.165) is 4.90 Å². The third kappa shape index (κ3) is 4.68. The van der Waals surface area contributed by atoms with Gasteiger partial charge in [0, 0.05) is 31.1 Å². The van der Waals surface area contributed by atoms with Crippen LogP contribution >= 0.6 is 11.8 Å². The summed E-state index contributed by atoms with van der Waals surface area (Å²) in [6.45, 7) is 0.910. The molecule has 3 N–H and O–H groups in total. The highest BCUT2D eigenvalue weighted by molar-refractivity contribution is 8.00. The summed E-state index contributed by atoms with van der Waals surface area (Å²) in [4.78, 5) is 70.0. The molecule has 0 aliphatic carbocycles. The lowest BCUT2D eigenvalue weighted by atomic mass is 10.0. The normalized spacial score (nSPS) is 20.8. The first-order chi connectivity index (χ1) is 13.1. The molecule has 1 saturated heterocycles. The molecule has 0 aromatic carbocycles. The number of fused-ring (bicyclic) bond motifs is 1. The van der Waals surface area contributed by atoms with Crippen LogP contribution in [0.25, 0.3) is 0 Å². The van der Waals surface area contributed by atoms with Crippen molar-refractivity contribution in [2.45, 2.75) is 37.6 Å². The maximum absolute atomic E-state index is 12.4. The molecule has 0 unspecified atom stereocenters. The van der Waals surface area contributed by atoms with Crippen molar-refractivity contribution in [2.75, 3.05) is 12.4 Å². The van der Waals surface area contributed by atoms with Crippen molar-refractivity contribution in [3.63, 3.8) is 0 Å². The number of carbonyl (C=O) groups excluding carboxylic acids is 4. The number of β-lactam (4-membered cyclic amide) rings is 1. The Hall–Kier alpha value is -2.89. The number of hydrogen-bond donors (Lipinski definition) is 3. The molecule has 0 spiro atoms. The number of carboxylic acid groups (broad SMARTS) is 2. The first kappa shape index (κ1) is 21.4. The molecule has 2 aliphatic heterocycles. The van der Waals surface area contributed by atoms with Gasteiger partial charge in [-0.2, -0.15) is 0 Å². The molecule has 28 heavy (non-hydrogen) atoms. The van der Waals surface area contributed by atoms with E-state index in [2.05, 4.69) is 5.32 Å². The average Bonchev–Trinajstić information content (AvgIpc) is 2.62. The van der Waals surface area contributed by atoms with E-state index >= 15 is 0 Å². The van der Waals surface area contributed by atoms with Gasteiger partial charge in [0.25, 0.3) is 11.8 Å². The van der Waals surface area contributed by atoms with Crippen LogP contribution in [0.1, 0.15) is 26.2 Å². The number of hydrogen-bond acceptors (Lipinski definition) is 8. The second kappa shape index (κ2) is 8.87. The summed E-state index contributed by atoms with van der Waals surface area (Å²) in [6, 6.07) is -1.06. The van der Waals surface area contributed by atoms with E-state index in [0.29, 0.717) is 0 Å². The maximum atomic E-state index is 12.4. The van der Waals surface area contributed by atoms with Crippen LogP contribution in [0.15, 0.2) is 11.3 Å². The lowest BCUT2D eigenvalue weighted by Crippen LogP contribution is -2.71. The van der Waals surface area contributed by atoms with Crippen molar-refractivity contribution in [3.8, 4) is 0 Å². The monoisotopic (exact) mass is 414 g/mol. The molecule has 2 atom stereocenters. The fourth-order valence-corrected chi connectivity index (χ4v) is 4.05. The largest absolute Gasteiger partial charge is 0.481 e. The van der Waals surface area contributed by atoms with Crippen LogP contribution in [0, 0.1) is 0 Å². The molecule has 11 nitrogen and oxygen atoms in total. The van der Waals surface area contributed by atoms with Crippen molar-refractivity contribution >= 4 is 47.3 Å². The van der Waals surface area contributed by atoms with E-state index in [4.69, 9.17) is 9.84 Å². The first-order valence-corrected chi connectivity index (χ1v) is 9.27. The van der Waals surface area contributed by atoms with Gasteiger partial charge in [-0.15, -0.1) is 11.8 Å². The molecule has 0 aromatic rings. The number of Topliss-reactive ketones (excluding diaryl/α,β-unsaturated/α-hetero) is 1. The summed E-state index contributed by atoms with van der Waals surface area (Å²) in [6.07, 6.45) is -0.533. The minimum atomic E-state index is -1.37. The standard InChI is InChI=1S/C16H18N2O9S/c1-7(19)27-5-8-6-28-15-11(14(24)18(15)12(8)16(25)26)17-13(23)9(20)3-2-4-10(21)22/h11,15H,2-6H2,1H3,(H,17,23)(H,21,22)(H,25,26)/t11-,15-/m1/s1. The Labute approximate surface area is 163 Å². The Morgan fingerprint density at radius 2 is 1.89 bits per heavy atom. The third-order valence-corrected chi connectivity index (χ3v) is 5.37. The molecule has 0 bridgehead atoms. The summed E-state index contributed by atoms with van der Waals surface area (Å²) in [7, 11) is 0. The van der Waals surface area contributed by atoms with Gasteiger partial charge in [0.15, 0.2) is 0 Å². The third-order valence-electron chi connectivity index (χ3n) is 4.03. The van der Waals surface area contributed by atoms with Crippen molar-refractivity contribution in [3.05, 3.63) is 11.3 Å². The molecule has 0 aromatic heterocycles. The number of ketones is 1. The number of aliphatic carboxylic acids is 2. The van der Waals surface area contributed by atoms with E-state index in [1.54, 1.807) is 0 Å². The van der Waals surface area contributed by atoms with Gasteiger partial charge in [-0.3, -0.25) is 28.9 Å². The minimum absolute atomic E-state index is 0.00406. The molecular formula is C16H18N2O9S. The fraction of sp³-hybridized carbons (Fsp3) is 0.500. The van der Waals surface area contributed by atoms with Crippen LogP contribution in [0.5, 0.6) is 0 Å². The van der Waals surface area contributed by atoms with Crippen molar-refractivity contribution in [1.82, 2.24) is 10.2 Å². The maximum Gasteiger partial charge on any atom is 0.352 e. The zero-order valence-corrected chi connectivity index (χ0v) is 15.6. The van der Waals surface area contributed by atoms with Gasteiger partial charge in [0.05, 0.1) is 0 Å². The van der Waals surface area contributed by atoms with Crippen LogP contribution in [-0.4, -0.2) is 74.4 Å². The fourth-order valence-electron chi connectivity index (χ4n) is 2.72. The highest BCUT2D eigenvalue weighted by Gasteiger charge is 2.54. The van der Waals surface area contributed by atoms with Gasteiger partial charge < -0.3 is 20.3 Å². The molecule has 12 heteroatoms. The molecule has 2 amide bonds. The Morgan fingerprint density at radius 1 is 1.21 bits per heavy atom. The number of rotatable bonds is 9. The molecule has 2 heterocycles. The van der Waals surface area contributed by atoms with E-state index in [1.165, 1.54) is 18.7 Å². The highest BCUT2D eigenvalue weighted by Crippen LogP contribution is 2.40. The van der Waals surface area contributed by atoms with Gasteiger partial charge >= 0.3 is 17.9 Å². The van der Waals surface area contributed by atoms with Gasteiger partial charge in [-0.1, -0.05) is 0 Å². The molecule has 2 rings (SSSR count). The lowest BCUT2D eigenvalue weighted by Gasteiger charge is -2.49. The number of esters is 1. The van der Waals surface area contributed by atoms with E-state index in [9.17, 15) is 33.9 Å². The minimum Gasteiger partial charge on any atom is -0.481 e. The predicted molar refractivity (Wildman–Crippen MR) is 92.8 cm³/mol. The zero-order valence-electron chi connectivity index (χ0n) is 14.8. The number of thioether (sulfide) groups is 1. The summed E-state index contributed by atoms with van der Waals surface area (Å²) in [5, 5.41) is 19.5. The number of carboxylic acids is 2. The molecular weight excluding hydrogens is 396 g/mol. The van der Waals surface area contributed by atoms with E-state index in [1.807, 2.05) is 0 Å². The Kier molecular flexibility index (Phi) is 6.78. The SMILES string of the molecule is CC(=O)OCC1=C(C(=O)O)N2C(=O)[C@@H](NC(=O)C(=O)CCCC(=O)O)[C@H]2SC1. The predicted octanol–water partition coefficient (Wildman–Crippen LogP) is -0.888. The van der Waals surface area contributed by atoms with Crippen molar-refractivity contribution in [1.29, 1.82) is 0 Å². The second-order valence-corrected chi connectivity index (χ2v) is 7.17. The molecule has 2 aliphatic rings. The van der Waals surface area contributed by atoms with Crippen LogP contribution in [-0.2, 0) is 33.5 Å². The van der Waals surface area contributed by atoms with Crippen molar-refractivity contribution in [2.24, 2.45) is 0 Å². The van der Waals surface area contributed by atoms with Gasteiger partial charge in [0.2, 0.25) is 5.78 Å². The second-order valence-electron chi connectivity index (χ2n) is 6.07. The Balaban J connectivity index is 2.02. The van der Waals surface area contributed by atoms with Gasteiger partial charge in [-0.25, -0.2) is 4.79 Å². The number of amides is 2. The quantitative estimate of drug-likeness (QED) is 0.245. The number of nitrogens with one attached hydrogen (secondary N) is 1. The first-order valence-electron chi connectivity index (χ1n) is 8.22. The van der Waals surface area contributed by atoms with E-state index in [-0.39, 0.29) is 42.9 Å². The number of ether oxygens (including phenoxy) is 1. The Morgan fingerprint density at radius 3 is 2.46 bits per heavy atom. The molecule has 0 saturated carbocycles. The zero-order chi connectivity index (χ0) is 21.0. The smallest absolute Gasteiger partial charge is 0.352 e. The summed E-state index contributed by atoms with van der Waals surface area (Å²) >= 11 is 1.17. The van der Waals surface area contributed by atoms with Crippen LogP contribution in [0.3, 0.4) is 0 Å². The Bertz CT molecular complexity index is 776. The molecule has 152 valence electrons. The molecule has 0 radical (unpaired) electrons. The topological polar surface area (TPSA) is 167 Å². The summed E-state index contributed by atoms with van der Waals surface area (Å²) < 4.78 is 4.81. The van der Waals surface area contributed by atoms with Crippen LogP contribution < -0.4 is 5.32 Å². The number of carbonyl (C=O) groups is 6. The highest BCUT2D eigenvalue weighted by atomic mass is 32.2. The lowest BCUT2D eigenvalue weighted by molar-refractivity contribution is -0.152. The van der Waals surface area contributed by atoms with Gasteiger partial charge in [0.1, 0.15) is 23.7 Å². The van der Waals surface area contributed by atoms with Crippen LogP contribution in [0.2, 0.25) is 0 Å². The average molecular weight is 414 g/mol. The summed E-state index contributed by atoms with van der Waals surface area (Å²) in [5.74, 6) is -5.44. The molecule has 1 fully saturated rings. The van der Waals surface area contributed by atoms with E-state index < -0.39 is 46.9 Å². The summed E-state index contributed by atoms with van der Waals surface area (Å²) in [5.41, 5.74) is -0.0416. The van der Waals surface area contributed by atoms with Crippen molar-refractivity contribution < 1.29 is 43.7 Å².